The molecule has 0 spiro atoms. The molecule has 0 atom stereocenters. The van der Waals surface area contributed by atoms with E-state index in [1.807, 2.05) is 0 Å². The molecule has 32 heavy (non-hydrogen) atoms. The molecule has 0 fully saturated rings. The van der Waals surface area contributed by atoms with Crippen LogP contribution in [0.2, 0.25) is 0 Å². The summed E-state index contributed by atoms with van der Waals surface area (Å²) in [5, 5.41) is 2.78. The summed E-state index contributed by atoms with van der Waals surface area (Å²) in [6, 6.07) is 7.79. The van der Waals surface area contributed by atoms with Crippen LogP contribution in [0.15, 0.2) is 56.9 Å². The molecule has 0 aliphatic carbocycles. The van der Waals surface area contributed by atoms with Crippen LogP contribution in [0.4, 0.5) is 11.4 Å². The van der Waals surface area contributed by atoms with E-state index in [2.05, 4.69) is 18.9 Å². The summed E-state index contributed by atoms with van der Waals surface area (Å²) in [5.74, 6) is -1.69. The van der Waals surface area contributed by atoms with Gasteiger partial charge in [-0.15, -0.1) is 34.0 Å². The lowest BCUT2D eigenvalue weighted by Crippen LogP contribution is -2.07. The minimum absolute atomic E-state index is 0.167. The highest BCUT2D eigenvalue weighted by Gasteiger charge is 2.21. The van der Waals surface area contributed by atoms with Gasteiger partial charge in [-0.05, 0) is 22.9 Å². The van der Waals surface area contributed by atoms with Crippen LogP contribution in [0.25, 0.3) is 9.44 Å². The molecule has 2 aromatic heterocycles. The van der Waals surface area contributed by atoms with Gasteiger partial charge in [-0.25, -0.2) is 26.4 Å². The fourth-order valence-corrected chi connectivity index (χ4v) is 7.10. The highest BCUT2D eigenvalue weighted by atomic mass is 32.2. The zero-order valence-electron chi connectivity index (χ0n) is 16.4. The molecule has 10 nitrogen and oxygen atoms in total. The van der Waals surface area contributed by atoms with Crippen LogP contribution in [0.5, 0.6) is 0 Å². The number of thiophene rings is 2. The van der Waals surface area contributed by atoms with E-state index in [1.54, 1.807) is 0 Å². The third-order valence-electron chi connectivity index (χ3n) is 3.87. The van der Waals surface area contributed by atoms with Gasteiger partial charge >= 0.3 is 11.9 Å². The number of sulfonamides is 2. The fourth-order valence-electron chi connectivity index (χ4n) is 2.46. The van der Waals surface area contributed by atoms with Crippen molar-refractivity contribution in [2.24, 2.45) is 0 Å². The van der Waals surface area contributed by atoms with Crippen molar-refractivity contribution in [3.63, 3.8) is 0 Å². The highest BCUT2D eigenvalue weighted by molar-refractivity contribution is 7.95. The first-order valence-corrected chi connectivity index (χ1v) is 13.1. The van der Waals surface area contributed by atoms with Crippen LogP contribution in [0.1, 0.15) is 19.3 Å². The molecule has 0 N–H and O–H groups in total. The Bertz CT molecular complexity index is 1270. The Morgan fingerprint density at radius 1 is 0.719 bits per heavy atom. The first-order chi connectivity index (χ1) is 15.1. The molecule has 0 amide bonds. The molecule has 3 rings (SSSR count). The second-order valence-electron chi connectivity index (χ2n) is 5.83. The molecule has 14 heteroatoms. The summed E-state index contributed by atoms with van der Waals surface area (Å²) >= 11 is 1.73. The zero-order chi connectivity index (χ0) is 23.5. The largest absolute Gasteiger partial charge is 0.574 e. The predicted octanol–water partition coefficient (Wildman–Crippen LogP) is 4.17. The highest BCUT2D eigenvalue weighted by Crippen LogP contribution is 2.42. The van der Waals surface area contributed by atoms with Gasteiger partial charge in [0.15, 0.2) is 0 Å². The van der Waals surface area contributed by atoms with E-state index in [9.17, 15) is 26.4 Å². The van der Waals surface area contributed by atoms with Crippen LogP contribution in [-0.2, 0) is 29.5 Å². The number of hydrogen-bond donors (Lipinski definition) is 0. The maximum absolute atomic E-state index is 12.8. The Morgan fingerprint density at radius 2 is 1.09 bits per heavy atom. The molecule has 3 aromatic rings. The summed E-state index contributed by atoms with van der Waals surface area (Å²) in [4.78, 5) is 22.6. The van der Waals surface area contributed by atoms with Crippen molar-refractivity contribution in [1.29, 1.82) is 0 Å². The van der Waals surface area contributed by atoms with E-state index >= 15 is 0 Å². The average molecular weight is 515 g/mol. The number of esters is 2. The Kier molecular flexibility index (Phi) is 6.88. The summed E-state index contributed by atoms with van der Waals surface area (Å²) in [6.07, 6.45) is 0. The monoisotopic (exact) mass is 514 g/mol. The smallest absolute Gasteiger partial charge is 0.349 e. The standard InChI is InChI=1S/C18H14N2O8S4/c1-27-17(21)15-13(7-9-29-15)31(23,24)19-11-5-3-4-6-12(11)20-32(25,26)14-8-10-30-16(14)18(22)28-2/h3-10H,1-2H3/q-2. The summed E-state index contributed by atoms with van der Waals surface area (Å²) < 4.78 is 67.8. The molecule has 0 aliphatic heterocycles. The van der Waals surface area contributed by atoms with Gasteiger partial charge in [0.1, 0.15) is 29.8 Å². The predicted molar refractivity (Wildman–Crippen MR) is 118 cm³/mol. The molecular formula is C18H14N2O8S4-2. The first kappa shape index (κ1) is 23.7. The maximum Gasteiger partial charge on any atom is 0.349 e. The van der Waals surface area contributed by atoms with Crippen LogP contribution in [0, 0.1) is 0 Å². The lowest BCUT2D eigenvalue weighted by atomic mass is 10.3. The first-order valence-electron chi connectivity index (χ1n) is 8.47. The summed E-state index contributed by atoms with van der Waals surface area (Å²) in [6.45, 7) is 0. The Hall–Kier alpha value is -2.94. The number of methoxy groups -OCH3 is 2. The van der Waals surface area contributed by atoms with Crippen LogP contribution >= 0.6 is 22.7 Å². The molecule has 1 aromatic carbocycles. The van der Waals surface area contributed by atoms with Crippen molar-refractivity contribution >= 4 is 66.0 Å². The number of carbonyl (C=O) groups is 2. The van der Waals surface area contributed by atoms with E-state index in [-0.39, 0.29) is 30.9 Å². The van der Waals surface area contributed by atoms with Gasteiger partial charge in [-0.1, -0.05) is 24.3 Å². The van der Waals surface area contributed by atoms with E-state index in [4.69, 9.17) is 0 Å². The van der Waals surface area contributed by atoms with E-state index in [0.717, 1.165) is 36.9 Å². The Morgan fingerprint density at radius 3 is 1.44 bits per heavy atom. The summed E-state index contributed by atoms with van der Waals surface area (Å²) in [7, 11) is -6.59. The Balaban J connectivity index is 1.96. The lowest BCUT2D eigenvalue weighted by molar-refractivity contribution is 0.0593. The topological polar surface area (TPSA) is 149 Å². The van der Waals surface area contributed by atoms with E-state index in [0.29, 0.717) is 0 Å². The zero-order valence-corrected chi connectivity index (χ0v) is 19.7. The van der Waals surface area contributed by atoms with Crippen molar-refractivity contribution in [3.8, 4) is 0 Å². The van der Waals surface area contributed by atoms with Crippen molar-refractivity contribution in [3.05, 3.63) is 66.4 Å². The normalized spacial score (nSPS) is 11.6. The maximum atomic E-state index is 12.8. The van der Waals surface area contributed by atoms with Gasteiger partial charge in [0.25, 0.3) is 0 Å². The van der Waals surface area contributed by atoms with Gasteiger partial charge in [-0.3, -0.25) is 0 Å². The third-order valence-corrected chi connectivity index (χ3v) is 8.59. The second kappa shape index (κ2) is 9.28. The number of nitrogens with zero attached hydrogens (tertiary/aromatic N) is 2. The number of benzene rings is 1. The van der Waals surface area contributed by atoms with Crippen LogP contribution in [-0.4, -0.2) is 43.0 Å². The van der Waals surface area contributed by atoms with Gasteiger partial charge < -0.3 is 18.9 Å². The average Bonchev–Trinajstić information content (AvgIpc) is 3.44. The van der Waals surface area contributed by atoms with Crippen molar-refractivity contribution in [1.82, 2.24) is 0 Å². The number of ether oxygens (including phenoxy) is 2. The van der Waals surface area contributed by atoms with Gasteiger partial charge in [0, 0.05) is 0 Å². The van der Waals surface area contributed by atoms with Crippen molar-refractivity contribution in [2.45, 2.75) is 9.79 Å². The van der Waals surface area contributed by atoms with Gasteiger partial charge in [-0.2, -0.15) is 0 Å². The third kappa shape index (κ3) is 4.77. The molecule has 0 aliphatic rings. The SMILES string of the molecule is COC(=O)c1sccc1S(=O)(=O)[N-]c1ccccc1[N-]S(=O)(=O)c1ccsc1C(=O)OC. The minimum atomic E-state index is -4.41. The number of hydrogen-bond acceptors (Lipinski definition) is 10. The van der Waals surface area contributed by atoms with E-state index < -0.39 is 32.0 Å². The van der Waals surface area contributed by atoms with Crippen LogP contribution < -0.4 is 0 Å². The molecule has 0 radical (unpaired) electrons. The van der Waals surface area contributed by atoms with Crippen LogP contribution in [0.3, 0.4) is 0 Å². The molecule has 0 unspecified atom stereocenters. The molecule has 0 saturated carbocycles. The molecule has 0 saturated heterocycles. The number of carbonyl (C=O) groups excluding carboxylic acids is 2. The Labute approximate surface area is 191 Å². The molecule has 2 heterocycles. The van der Waals surface area contributed by atoms with Gasteiger partial charge in [0.2, 0.25) is 0 Å². The lowest BCUT2D eigenvalue weighted by Gasteiger charge is -2.32. The fraction of sp³-hybridized carbons (Fsp3) is 0.111. The number of rotatable bonds is 8. The summed E-state index contributed by atoms with van der Waals surface area (Å²) in [5.41, 5.74) is -0.541. The van der Waals surface area contributed by atoms with Crippen molar-refractivity contribution in [2.75, 3.05) is 14.2 Å². The van der Waals surface area contributed by atoms with E-state index in [1.165, 1.54) is 47.2 Å². The van der Waals surface area contributed by atoms with Crippen molar-refractivity contribution < 1.29 is 35.9 Å². The second-order valence-corrected chi connectivity index (χ2v) is 10.8. The van der Waals surface area contributed by atoms with Gasteiger partial charge in [0.05, 0.1) is 24.0 Å². The molecule has 170 valence electrons. The quantitative estimate of drug-likeness (QED) is 0.407. The minimum Gasteiger partial charge on any atom is -0.574 e. The molecule has 0 bridgehead atoms. The molecular weight excluding hydrogens is 500 g/mol.